The Bertz CT molecular complexity index is 364. The van der Waals surface area contributed by atoms with Gasteiger partial charge in [-0.3, -0.25) is 9.69 Å². The Hall–Kier alpha value is -0.620. The molecule has 0 radical (unpaired) electrons. The predicted molar refractivity (Wildman–Crippen MR) is 75.0 cm³/mol. The number of piperazine rings is 1. The maximum absolute atomic E-state index is 12.3. The van der Waals surface area contributed by atoms with E-state index in [1.807, 2.05) is 0 Å². The number of hydrogen-bond donors (Lipinski definition) is 0. The van der Waals surface area contributed by atoms with Crippen molar-refractivity contribution in [3.63, 3.8) is 0 Å². The van der Waals surface area contributed by atoms with Crippen molar-refractivity contribution in [1.82, 2.24) is 9.80 Å². The lowest BCUT2D eigenvalue weighted by Crippen LogP contribution is -2.51. The zero-order valence-electron chi connectivity index (χ0n) is 12.8. The number of halogens is 3. The third-order valence-electron chi connectivity index (χ3n) is 4.75. The average molecular weight is 306 g/mol. The van der Waals surface area contributed by atoms with Crippen LogP contribution in [0.15, 0.2) is 0 Å². The maximum atomic E-state index is 12.3. The molecule has 1 saturated carbocycles. The fourth-order valence-corrected chi connectivity index (χ4v) is 3.64. The fourth-order valence-electron chi connectivity index (χ4n) is 3.64. The van der Waals surface area contributed by atoms with Crippen LogP contribution in [0.25, 0.3) is 0 Å². The van der Waals surface area contributed by atoms with Gasteiger partial charge in [0.1, 0.15) is 5.78 Å². The Labute approximate surface area is 124 Å². The minimum Gasteiger partial charge on any atom is -0.300 e. The molecule has 6 heteroatoms. The van der Waals surface area contributed by atoms with Gasteiger partial charge in [0.2, 0.25) is 0 Å². The summed E-state index contributed by atoms with van der Waals surface area (Å²) >= 11 is 0. The second kappa shape index (κ2) is 6.65. The van der Waals surface area contributed by atoms with Crippen LogP contribution >= 0.6 is 0 Å². The monoisotopic (exact) mass is 306 g/mol. The molecule has 3 nitrogen and oxygen atoms in total. The first kappa shape index (κ1) is 16.7. The van der Waals surface area contributed by atoms with Gasteiger partial charge in [0.15, 0.2) is 0 Å². The summed E-state index contributed by atoms with van der Waals surface area (Å²) in [5, 5.41) is 0. The van der Waals surface area contributed by atoms with Gasteiger partial charge in [0.25, 0.3) is 0 Å². The van der Waals surface area contributed by atoms with E-state index in [1.165, 1.54) is 4.90 Å². The first-order valence-corrected chi connectivity index (χ1v) is 7.79. The van der Waals surface area contributed by atoms with E-state index in [0.717, 1.165) is 6.42 Å². The van der Waals surface area contributed by atoms with Crippen molar-refractivity contribution in [3.8, 4) is 0 Å². The highest BCUT2D eigenvalue weighted by molar-refractivity contribution is 5.82. The Balaban J connectivity index is 1.79. The molecular weight excluding hydrogens is 281 g/mol. The van der Waals surface area contributed by atoms with Crippen molar-refractivity contribution in [3.05, 3.63) is 0 Å². The third-order valence-corrected chi connectivity index (χ3v) is 4.75. The van der Waals surface area contributed by atoms with Gasteiger partial charge < -0.3 is 4.90 Å². The summed E-state index contributed by atoms with van der Waals surface area (Å²) in [5.74, 6) is 1.25. The highest BCUT2D eigenvalue weighted by Gasteiger charge is 2.35. The number of hydrogen-bond acceptors (Lipinski definition) is 3. The summed E-state index contributed by atoms with van der Waals surface area (Å²) in [7, 11) is 0. The first-order valence-electron chi connectivity index (χ1n) is 7.79. The maximum Gasteiger partial charge on any atom is 0.401 e. The molecule has 122 valence electrons. The SMILES string of the molecule is CC1CC(=O)C(CN2CCN(CC(F)(F)F)CC2)C(C)C1. The lowest BCUT2D eigenvalue weighted by molar-refractivity contribution is -0.149. The second-order valence-electron chi connectivity index (χ2n) is 6.79. The standard InChI is InChI=1S/C15H25F3N2O/c1-11-7-12(2)13(14(21)8-11)9-19-3-5-20(6-4-19)10-15(16,17)18/h11-13H,3-10H2,1-2H3. The molecule has 21 heavy (non-hydrogen) atoms. The van der Waals surface area contributed by atoms with E-state index in [2.05, 4.69) is 18.7 Å². The first-order chi connectivity index (χ1) is 9.74. The molecule has 2 aliphatic rings. The van der Waals surface area contributed by atoms with Gasteiger partial charge in [-0.15, -0.1) is 0 Å². The Morgan fingerprint density at radius 1 is 1.10 bits per heavy atom. The molecule has 1 aliphatic heterocycles. The number of carbonyl (C=O) groups excluding carboxylic acids is 1. The van der Waals surface area contributed by atoms with E-state index in [9.17, 15) is 18.0 Å². The molecule has 0 aromatic heterocycles. The van der Waals surface area contributed by atoms with Crippen LogP contribution in [0, 0.1) is 17.8 Å². The molecule has 1 saturated heterocycles. The molecule has 3 unspecified atom stereocenters. The van der Waals surface area contributed by atoms with Crippen LogP contribution in [0.4, 0.5) is 13.2 Å². The number of nitrogens with zero attached hydrogens (tertiary/aromatic N) is 2. The van der Waals surface area contributed by atoms with Crippen LogP contribution in [0.5, 0.6) is 0 Å². The van der Waals surface area contributed by atoms with Crippen LogP contribution in [-0.4, -0.2) is 61.0 Å². The van der Waals surface area contributed by atoms with Crippen LogP contribution in [-0.2, 0) is 4.79 Å². The normalized spacial score (nSPS) is 33.4. The van der Waals surface area contributed by atoms with E-state index >= 15 is 0 Å². The Kier molecular flexibility index (Phi) is 5.30. The smallest absolute Gasteiger partial charge is 0.300 e. The van der Waals surface area contributed by atoms with Gasteiger partial charge >= 0.3 is 6.18 Å². The van der Waals surface area contributed by atoms with Crippen molar-refractivity contribution >= 4 is 5.78 Å². The van der Waals surface area contributed by atoms with Gasteiger partial charge in [0, 0.05) is 45.1 Å². The van der Waals surface area contributed by atoms with Gasteiger partial charge in [0.05, 0.1) is 6.54 Å². The molecule has 0 aromatic carbocycles. The number of rotatable bonds is 3. The summed E-state index contributed by atoms with van der Waals surface area (Å²) in [6.45, 7) is 6.25. The van der Waals surface area contributed by atoms with Crippen LogP contribution in [0.3, 0.4) is 0 Å². The van der Waals surface area contributed by atoms with Gasteiger partial charge in [-0.25, -0.2) is 0 Å². The van der Waals surface area contributed by atoms with Crippen LogP contribution < -0.4 is 0 Å². The molecular formula is C15H25F3N2O. The second-order valence-corrected chi connectivity index (χ2v) is 6.79. The number of alkyl halides is 3. The van der Waals surface area contributed by atoms with Gasteiger partial charge in [-0.1, -0.05) is 13.8 Å². The molecule has 2 rings (SSSR count). The summed E-state index contributed by atoms with van der Waals surface area (Å²) in [6, 6.07) is 0. The Morgan fingerprint density at radius 2 is 1.67 bits per heavy atom. The molecule has 1 aliphatic carbocycles. The topological polar surface area (TPSA) is 23.6 Å². The third kappa shape index (κ3) is 4.95. The molecule has 2 fully saturated rings. The summed E-state index contributed by atoms with van der Waals surface area (Å²) in [4.78, 5) is 15.8. The Morgan fingerprint density at radius 3 is 2.19 bits per heavy atom. The van der Waals surface area contributed by atoms with E-state index in [1.54, 1.807) is 0 Å². The molecule has 0 amide bonds. The van der Waals surface area contributed by atoms with Crippen molar-refractivity contribution in [2.24, 2.45) is 17.8 Å². The largest absolute Gasteiger partial charge is 0.401 e. The summed E-state index contributed by atoms with van der Waals surface area (Å²) in [5.41, 5.74) is 0. The molecule has 0 N–H and O–H groups in total. The fraction of sp³-hybridized carbons (Fsp3) is 0.933. The van der Waals surface area contributed by atoms with E-state index in [4.69, 9.17) is 0 Å². The quantitative estimate of drug-likeness (QED) is 0.800. The van der Waals surface area contributed by atoms with Crippen molar-refractivity contribution in [2.75, 3.05) is 39.3 Å². The van der Waals surface area contributed by atoms with E-state index in [0.29, 0.717) is 56.8 Å². The molecule has 0 bridgehead atoms. The zero-order valence-corrected chi connectivity index (χ0v) is 12.8. The minimum atomic E-state index is -4.12. The highest BCUT2D eigenvalue weighted by atomic mass is 19.4. The highest BCUT2D eigenvalue weighted by Crippen LogP contribution is 2.31. The lowest BCUT2D eigenvalue weighted by atomic mass is 9.74. The molecule has 1 heterocycles. The van der Waals surface area contributed by atoms with Crippen molar-refractivity contribution in [1.29, 1.82) is 0 Å². The van der Waals surface area contributed by atoms with E-state index in [-0.39, 0.29) is 5.92 Å². The minimum absolute atomic E-state index is 0.0652. The molecule has 3 atom stereocenters. The summed E-state index contributed by atoms with van der Waals surface area (Å²) < 4.78 is 37.0. The predicted octanol–water partition coefficient (Wildman–Crippen LogP) is 2.42. The van der Waals surface area contributed by atoms with Crippen molar-refractivity contribution in [2.45, 2.75) is 32.9 Å². The van der Waals surface area contributed by atoms with E-state index < -0.39 is 12.7 Å². The van der Waals surface area contributed by atoms with Crippen LogP contribution in [0.2, 0.25) is 0 Å². The lowest BCUT2D eigenvalue weighted by Gasteiger charge is -2.39. The molecule has 0 spiro atoms. The van der Waals surface area contributed by atoms with Gasteiger partial charge in [-0.2, -0.15) is 13.2 Å². The zero-order chi connectivity index (χ0) is 15.6. The van der Waals surface area contributed by atoms with Gasteiger partial charge in [-0.05, 0) is 18.3 Å². The van der Waals surface area contributed by atoms with Crippen molar-refractivity contribution < 1.29 is 18.0 Å². The van der Waals surface area contributed by atoms with Crippen LogP contribution in [0.1, 0.15) is 26.7 Å². The molecule has 0 aromatic rings. The summed E-state index contributed by atoms with van der Waals surface area (Å²) in [6.07, 6.45) is -2.39. The number of Topliss-reactive ketones (excluding diaryl/α,β-unsaturated/α-hetero) is 1. The average Bonchev–Trinajstić information content (AvgIpc) is 2.34. The number of ketones is 1. The number of carbonyl (C=O) groups is 1.